The number of amides is 2. The lowest BCUT2D eigenvalue weighted by atomic mass is 9.90. The van der Waals surface area contributed by atoms with Gasteiger partial charge in [0.15, 0.2) is 0 Å². The van der Waals surface area contributed by atoms with E-state index < -0.39 is 17.7 Å². The van der Waals surface area contributed by atoms with E-state index in [-0.39, 0.29) is 11.8 Å². The lowest BCUT2D eigenvalue weighted by Crippen LogP contribution is -2.56. The van der Waals surface area contributed by atoms with Crippen molar-refractivity contribution < 1.29 is 24.2 Å². The van der Waals surface area contributed by atoms with Gasteiger partial charge in [0.1, 0.15) is 6.04 Å². The predicted octanol–water partition coefficient (Wildman–Crippen LogP) is 0.443. The molecule has 0 spiro atoms. The molecule has 2 aliphatic rings. The number of hydrogen-bond acceptors (Lipinski definition) is 6. The third kappa shape index (κ3) is 6.10. The molecule has 8 nitrogen and oxygen atoms in total. The molecule has 26 heavy (non-hydrogen) atoms. The molecule has 2 heterocycles. The van der Waals surface area contributed by atoms with E-state index in [0.717, 1.165) is 13.1 Å². The highest BCUT2D eigenvalue weighted by Crippen LogP contribution is 2.25. The molecule has 0 bridgehead atoms. The van der Waals surface area contributed by atoms with Crippen LogP contribution in [0.25, 0.3) is 0 Å². The van der Waals surface area contributed by atoms with Crippen LogP contribution in [0.3, 0.4) is 0 Å². The van der Waals surface area contributed by atoms with Gasteiger partial charge >= 0.3 is 6.09 Å². The highest BCUT2D eigenvalue weighted by Gasteiger charge is 2.37. The van der Waals surface area contributed by atoms with Crippen LogP contribution in [0, 0.1) is 5.92 Å². The van der Waals surface area contributed by atoms with E-state index in [2.05, 4.69) is 15.0 Å². The minimum absolute atomic E-state index is 0.0995. The van der Waals surface area contributed by atoms with Crippen molar-refractivity contribution in [2.45, 2.75) is 44.8 Å². The lowest BCUT2D eigenvalue weighted by molar-refractivity contribution is -0.139. The average Bonchev–Trinajstić information content (AvgIpc) is 2.61. The Morgan fingerprint density at radius 3 is 2.35 bits per heavy atom. The summed E-state index contributed by atoms with van der Waals surface area (Å²) in [6.45, 7) is 8.72. The smallest absolute Gasteiger partial charge is 0.407 e. The summed E-state index contributed by atoms with van der Waals surface area (Å²) in [6, 6.07) is -0.590. The van der Waals surface area contributed by atoms with Gasteiger partial charge in [-0.25, -0.2) is 4.79 Å². The van der Waals surface area contributed by atoms with Crippen LogP contribution in [-0.2, 0) is 14.3 Å². The number of hydrogen-bond donors (Lipinski definition) is 2. The van der Waals surface area contributed by atoms with Crippen LogP contribution in [-0.4, -0.2) is 91.6 Å². The summed E-state index contributed by atoms with van der Waals surface area (Å²) < 4.78 is 9.99. The van der Waals surface area contributed by atoms with Gasteiger partial charge in [-0.2, -0.15) is 0 Å². The number of rotatable bonds is 6. The molecule has 0 saturated carbocycles. The van der Waals surface area contributed by atoms with Gasteiger partial charge in [-0.15, -0.1) is 0 Å². The van der Waals surface area contributed by atoms with Crippen LogP contribution < -0.4 is 5.32 Å². The molecule has 0 aromatic rings. The first-order valence-electron chi connectivity index (χ1n) is 9.49. The van der Waals surface area contributed by atoms with Gasteiger partial charge in [0.2, 0.25) is 5.91 Å². The number of methoxy groups -OCH3 is 1. The van der Waals surface area contributed by atoms with Crippen molar-refractivity contribution >= 4 is 12.0 Å². The summed E-state index contributed by atoms with van der Waals surface area (Å²) in [6.07, 6.45) is 1.05. The Morgan fingerprint density at radius 2 is 1.81 bits per heavy atom. The molecule has 2 saturated heterocycles. The van der Waals surface area contributed by atoms with Gasteiger partial charge in [0.25, 0.3) is 0 Å². The highest BCUT2D eigenvalue weighted by atomic mass is 16.5. The van der Waals surface area contributed by atoms with Crippen LogP contribution in [0.2, 0.25) is 0 Å². The highest BCUT2D eigenvalue weighted by molar-refractivity contribution is 5.85. The van der Waals surface area contributed by atoms with Crippen molar-refractivity contribution in [1.82, 2.24) is 15.1 Å². The van der Waals surface area contributed by atoms with Gasteiger partial charge < -0.3 is 24.8 Å². The van der Waals surface area contributed by atoms with Gasteiger partial charge in [-0.3, -0.25) is 9.69 Å². The second-order valence-electron chi connectivity index (χ2n) is 7.76. The fourth-order valence-electron chi connectivity index (χ4n) is 3.59. The number of ether oxygens (including phenoxy) is 2. The number of alkyl carbamates (subject to hydrolysis) is 1. The summed E-state index contributed by atoms with van der Waals surface area (Å²) in [5.41, 5.74) is -0.766. The fourth-order valence-corrected chi connectivity index (χ4v) is 3.59. The second-order valence-corrected chi connectivity index (χ2v) is 7.76. The molecule has 2 aliphatic heterocycles. The topological polar surface area (TPSA) is 91.3 Å². The molecule has 150 valence electrons. The van der Waals surface area contributed by atoms with E-state index in [1.165, 1.54) is 7.11 Å². The number of nitrogens with one attached hydrogen (secondary N) is 1. The number of piperidine rings is 1. The van der Waals surface area contributed by atoms with Gasteiger partial charge in [-0.1, -0.05) is 13.8 Å². The van der Waals surface area contributed by atoms with Crippen molar-refractivity contribution in [2.24, 2.45) is 5.92 Å². The van der Waals surface area contributed by atoms with E-state index in [4.69, 9.17) is 4.74 Å². The zero-order valence-corrected chi connectivity index (χ0v) is 16.2. The first kappa shape index (κ1) is 20.9. The van der Waals surface area contributed by atoms with E-state index in [0.29, 0.717) is 52.1 Å². The van der Waals surface area contributed by atoms with E-state index in [1.54, 1.807) is 4.90 Å². The van der Waals surface area contributed by atoms with Crippen LogP contribution in [0.4, 0.5) is 4.79 Å². The van der Waals surface area contributed by atoms with Crippen LogP contribution >= 0.6 is 0 Å². The Hall–Kier alpha value is -1.38. The monoisotopic (exact) mass is 371 g/mol. The number of carbonyl (C=O) groups excluding carboxylic acids is 2. The SMILES string of the molecule is COC(=O)NC(CC(C)C)C(=O)N1CCC(O)(CN2CCOCC2)CC1. The first-order valence-corrected chi connectivity index (χ1v) is 9.49. The number of nitrogens with zero attached hydrogens (tertiary/aromatic N) is 2. The molecule has 2 amide bonds. The van der Waals surface area contributed by atoms with Crippen LogP contribution in [0.5, 0.6) is 0 Å². The Bertz CT molecular complexity index is 471. The molecule has 2 rings (SSSR count). The molecule has 2 N–H and O–H groups in total. The number of β-amino-alcohol motifs (C(OH)–C–C–N with tert-alkyl or cyclic N) is 1. The maximum absolute atomic E-state index is 12.8. The van der Waals surface area contributed by atoms with E-state index in [9.17, 15) is 14.7 Å². The second kappa shape index (κ2) is 9.53. The molecular weight excluding hydrogens is 338 g/mol. The quantitative estimate of drug-likeness (QED) is 0.704. The molecule has 0 radical (unpaired) electrons. The summed E-state index contributed by atoms with van der Waals surface area (Å²) in [5, 5.41) is 13.5. The molecule has 1 unspecified atom stereocenters. The first-order chi connectivity index (χ1) is 12.3. The molecule has 0 aromatic heterocycles. The average molecular weight is 371 g/mol. The van der Waals surface area contributed by atoms with Gasteiger partial charge in [-0.05, 0) is 25.2 Å². The van der Waals surface area contributed by atoms with Gasteiger partial charge in [0, 0.05) is 32.7 Å². The Balaban J connectivity index is 1.89. The number of aliphatic hydroxyl groups is 1. The Kier molecular flexibility index (Phi) is 7.67. The molecule has 8 heteroatoms. The normalized spacial score (nSPS) is 22.1. The zero-order valence-electron chi connectivity index (χ0n) is 16.2. The minimum Gasteiger partial charge on any atom is -0.453 e. The molecular formula is C18H33N3O5. The molecule has 1 atom stereocenters. The van der Waals surface area contributed by atoms with Crippen LogP contribution in [0.15, 0.2) is 0 Å². The minimum atomic E-state index is -0.766. The molecule has 0 aromatic carbocycles. The van der Waals surface area contributed by atoms with Crippen molar-refractivity contribution in [2.75, 3.05) is 53.0 Å². The number of carbonyl (C=O) groups is 2. The zero-order chi connectivity index (χ0) is 19.2. The van der Waals surface area contributed by atoms with Crippen molar-refractivity contribution in [3.8, 4) is 0 Å². The van der Waals surface area contributed by atoms with E-state index >= 15 is 0 Å². The third-order valence-corrected chi connectivity index (χ3v) is 5.11. The van der Waals surface area contributed by atoms with Crippen LogP contribution in [0.1, 0.15) is 33.1 Å². The lowest BCUT2D eigenvalue weighted by Gasteiger charge is -2.42. The predicted molar refractivity (Wildman–Crippen MR) is 96.8 cm³/mol. The van der Waals surface area contributed by atoms with Crippen molar-refractivity contribution in [3.63, 3.8) is 0 Å². The fraction of sp³-hybridized carbons (Fsp3) is 0.889. The summed E-state index contributed by atoms with van der Waals surface area (Å²) >= 11 is 0. The Labute approximate surface area is 155 Å². The summed E-state index contributed by atoms with van der Waals surface area (Å²) in [4.78, 5) is 28.4. The summed E-state index contributed by atoms with van der Waals surface area (Å²) in [5.74, 6) is 0.168. The standard InChI is InChI=1S/C18H33N3O5/c1-14(2)12-15(19-17(23)25-3)16(22)21-6-4-18(24,5-7-21)13-20-8-10-26-11-9-20/h14-15,24H,4-13H2,1-3H3,(H,19,23). The Morgan fingerprint density at radius 1 is 1.19 bits per heavy atom. The third-order valence-electron chi connectivity index (χ3n) is 5.11. The number of likely N-dealkylation sites (tertiary alicyclic amines) is 1. The molecule has 2 fully saturated rings. The molecule has 0 aliphatic carbocycles. The van der Waals surface area contributed by atoms with Gasteiger partial charge in [0.05, 0.1) is 25.9 Å². The van der Waals surface area contributed by atoms with Crippen molar-refractivity contribution in [1.29, 1.82) is 0 Å². The maximum atomic E-state index is 12.8. The summed E-state index contributed by atoms with van der Waals surface area (Å²) in [7, 11) is 1.29. The number of morpholine rings is 1. The largest absolute Gasteiger partial charge is 0.453 e. The van der Waals surface area contributed by atoms with Crippen molar-refractivity contribution in [3.05, 3.63) is 0 Å². The van der Waals surface area contributed by atoms with E-state index in [1.807, 2.05) is 13.8 Å². The maximum Gasteiger partial charge on any atom is 0.407 e.